The molecule has 5 aromatic rings. The summed E-state index contributed by atoms with van der Waals surface area (Å²) in [6.45, 7) is 2.03. The van der Waals surface area contributed by atoms with Crippen LogP contribution in [0.4, 0.5) is 11.5 Å². The minimum atomic E-state index is -0.276. The number of nitrogens with one attached hydrogen (secondary N) is 3. The number of aromatic amines is 2. The first-order chi connectivity index (χ1) is 15.9. The molecule has 0 spiro atoms. The molecule has 0 aromatic carbocycles. The molecule has 0 amide bonds. The van der Waals surface area contributed by atoms with Crippen LogP contribution in [-0.2, 0) is 7.05 Å². The van der Waals surface area contributed by atoms with Crippen LogP contribution in [0.15, 0.2) is 41.7 Å². The van der Waals surface area contributed by atoms with Crippen molar-refractivity contribution in [3.63, 3.8) is 0 Å². The van der Waals surface area contributed by atoms with Crippen LogP contribution in [0.2, 0.25) is 0 Å². The third kappa shape index (κ3) is 3.96. The van der Waals surface area contributed by atoms with Crippen molar-refractivity contribution in [2.24, 2.45) is 7.05 Å². The van der Waals surface area contributed by atoms with Crippen LogP contribution in [0.1, 0.15) is 32.6 Å². The Morgan fingerprint density at radius 1 is 1.15 bits per heavy atom. The summed E-state index contributed by atoms with van der Waals surface area (Å²) < 4.78 is 1.67. The zero-order valence-corrected chi connectivity index (χ0v) is 18.8. The number of rotatable bonds is 6. The minimum absolute atomic E-state index is 0. The monoisotopic (exact) mass is 460 g/mol. The summed E-state index contributed by atoms with van der Waals surface area (Å²) in [4.78, 5) is 39.3. The predicted molar refractivity (Wildman–Crippen MR) is 134 cm³/mol. The normalized spacial score (nSPS) is 12.0. The van der Waals surface area contributed by atoms with Gasteiger partial charge in [0.05, 0.1) is 34.5 Å². The highest BCUT2D eigenvalue weighted by Gasteiger charge is 2.23. The van der Waals surface area contributed by atoms with E-state index < -0.39 is 0 Å². The Morgan fingerprint density at radius 2 is 1.91 bits per heavy atom. The van der Waals surface area contributed by atoms with Gasteiger partial charge in [-0.25, -0.2) is 19.9 Å². The van der Waals surface area contributed by atoms with Crippen molar-refractivity contribution in [3.05, 3.63) is 53.1 Å². The van der Waals surface area contributed by atoms with Gasteiger partial charge in [-0.1, -0.05) is 14.4 Å². The molecule has 1 atom stereocenters. The molecule has 0 radical (unpaired) electrons. The second-order valence-corrected chi connectivity index (χ2v) is 8.02. The van der Waals surface area contributed by atoms with E-state index in [1.54, 1.807) is 35.5 Å². The zero-order valence-electron chi connectivity index (χ0n) is 18.8. The smallest absolute Gasteiger partial charge is 0.261 e. The van der Waals surface area contributed by atoms with Crippen LogP contribution >= 0.6 is 0 Å². The molecule has 0 unspecified atom stereocenters. The van der Waals surface area contributed by atoms with Crippen LogP contribution in [0.3, 0.4) is 0 Å². The van der Waals surface area contributed by atoms with Gasteiger partial charge in [0.15, 0.2) is 0 Å². The Morgan fingerprint density at radius 3 is 2.62 bits per heavy atom. The van der Waals surface area contributed by atoms with Gasteiger partial charge in [0, 0.05) is 45.8 Å². The molecular formula is C23H28N10O. The fraction of sp³-hybridized carbons (Fsp3) is 0.304. The first-order valence-corrected chi connectivity index (χ1v) is 10.6. The van der Waals surface area contributed by atoms with Crippen LogP contribution in [0.25, 0.3) is 33.5 Å². The van der Waals surface area contributed by atoms with E-state index >= 15 is 0 Å². The number of fused-ring (bicyclic) bond motifs is 2. The molecule has 0 aliphatic rings. The van der Waals surface area contributed by atoms with Gasteiger partial charge in [0.1, 0.15) is 28.5 Å². The zero-order chi connectivity index (χ0) is 23.1. The van der Waals surface area contributed by atoms with Crippen molar-refractivity contribution in [1.29, 1.82) is 0 Å². The van der Waals surface area contributed by atoms with Gasteiger partial charge < -0.3 is 20.2 Å². The lowest BCUT2D eigenvalue weighted by Crippen LogP contribution is -2.18. The van der Waals surface area contributed by atoms with Crippen molar-refractivity contribution < 1.29 is 0 Å². The molecule has 3 N–H and O–H groups in total. The van der Waals surface area contributed by atoms with Crippen LogP contribution in [0.5, 0.6) is 0 Å². The number of H-pyrrole nitrogens is 2. The van der Waals surface area contributed by atoms with E-state index in [-0.39, 0.29) is 19.0 Å². The lowest BCUT2D eigenvalue weighted by Gasteiger charge is -2.18. The average Bonchev–Trinajstić information content (AvgIpc) is 3.39. The lowest BCUT2D eigenvalue weighted by molar-refractivity contribution is 0.692. The number of hydrogen-bond acceptors (Lipinski definition) is 8. The quantitative estimate of drug-likeness (QED) is 0.352. The fourth-order valence-electron chi connectivity index (χ4n) is 3.82. The number of imidazole rings is 1. The highest BCUT2D eigenvalue weighted by Crippen LogP contribution is 2.33. The lowest BCUT2D eigenvalue weighted by atomic mass is 10.1. The molecule has 5 heterocycles. The first-order valence-electron chi connectivity index (χ1n) is 10.6. The Hall–Kier alpha value is -4.28. The summed E-state index contributed by atoms with van der Waals surface area (Å²) in [6, 6.07) is 3.43. The maximum Gasteiger partial charge on any atom is 0.261 e. The Bertz CT molecular complexity index is 1500. The summed E-state index contributed by atoms with van der Waals surface area (Å²) >= 11 is 0. The summed E-state index contributed by atoms with van der Waals surface area (Å²) in [6.07, 6.45) is 7.61. The topological polar surface area (TPSA) is 133 Å². The second kappa shape index (κ2) is 8.93. The van der Waals surface area contributed by atoms with Crippen LogP contribution in [-0.4, -0.2) is 53.8 Å². The van der Waals surface area contributed by atoms with E-state index in [4.69, 9.17) is 4.98 Å². The molecule has 0 saturated carbocycles. The largest absolute Gasteiger partial charge is 0.372 e. The van der Waals surface area contributed by atoms with Gasteiger partial charge in [-0.05, 0) is 12.5 Å². The molecule has 34 heavy (non-hydrogen) atoms. The van der Waals surface area contributed by atoms with Gasteiger partial charge in [0.25, 0.3) is 5.56 Å². The average molecular weight is 461 g/mol. The van der Waals surface area contributed by atoms with Crippen molar-refractivity contribution >= 4 is 33.6 Å². The molecule has 0 fully saturated rings. The van der Waals surface area contributed by atoms with Crippen LogP contribution < -0.4 is 15.8 Å². The summed E-state index contributed by atoms with van der Waals surface area (Å²) in [5, 5.41) is 8.07. The van der Waals surface area contributed by atoms with Crippen molar-refractivity contribution in [2.75, 3.05) is 24.3 Å². The van der Waals surface area contributed by atoms with E-state index in [0.717, 1.165) is 11.3 Å². The summed E-state index contributed by atoms with van der Waals surface area (Å²) in [5.41, 5.74) is 3.39. The van der Waals surface area contributed by atoms with E-state index in [0.29, 0.717) is 45.9 Å². The van der Waals surface area contributed by atoms with Crippen molar-refractivity contribution in [3.8, 4) is 11.4 Å². The third-order valence-electron chi connectivity index (χ3n) is 5.46. The molecule has 11 heteroatoms. The Kier molecular flexibility index (Phi) is 6.01. The SMILES string of the molecule is C.CC[C@H](Nc1c(-c2nc3cc(N(C)C)ncc3[nH]2)c(=O)[nH]c2cn(C)nc12)c1ncccn1. The molecule has 0 saturated heterocycles. The van der Waals surface area contributed by atoms with Gasteiger partial charge in [-0.2, -0.15) is 5.10 Å². The first kappa shape index (κ1) is 22.9. The highest BCUT2D eigenvalue weighted by atomic mass is 16.1. The second-order valence-electron chi connectivity index (χ2n) is 8.02. The highest BCUT2D eigenvalue weighted by molar-refractivity contribution is 5.96. The van der Waals surface area contributed by atoms with Crippen molar-refractivity contribution in [2.45, 2.75) is 26.8 Å². The number of hydrogen-bond donors (Lipinski definition) is 3. The maximum atomic E-state index is 13.3. The molecule has 5 rings (SSSR count). The van der Waals surface area contributed by atoms with E-state index in [2.05, 4.69) is 35.3 Å². The van der Waals surface area contributed by atoms with Crippen molar-refractivity contribution in [1.82, 2.24) is 39.7 Å². The van der Waals surface area contributed by atoms with Gasteiger partial charge in [0.2, 0.25) is 0 Å². The number of aromatic nitrogens is 8. The van der Waals surface area contributed by atoms with Crippen LogP contribution in [0, 0.1) is 0 Å². The molecule has 0 bridgehead atoms. The fourth-order valence-corrected chi connectivity index (χ4v) is 3.82. The van der Waals surface area contributed by atoms with E-state index in [1.165, 1.54) is 0 Å². The number of anilines is 2. The maximum absolute atomic E-state index is 13.3. The third-order valence-corrected chi connectivity index (χ3v) is 5.46. The molecule has 176 valence electrons. The molecule has 0 aliphatic carbocycles. The summed E-state index contributed by atoms with van der Waals surface area (Å²) in [5.74, 6) is 1.85. The van der Waals surface area contributed by atoms with Gasteiger partial charge in [-0.15, -0.1) is 0 Å². The number of nitrogens with zero attached hydrogens (tertiary/aromatic N) is 7. The predicted octanol–water partition coefficient (Wildman–Crippen LogP) is 3.26. The Balaban J connectivity index is 0.00000274. The van der Waals surface area contributed by atoms with Gasteiger partial charge >= 0.3 is 0 Å². The standard InChI is InChI=1S/C22H24N10O.CH4/c1-5-12(20-23-7-6-8-24-20)26-19-17(22(33)29-15-11-32(4)30-18(15)19)21-27-13-9-16(31(2)3)25-10-14(13)28-21;/h6-12,26H,5H2,1-4H3,(H,27,28)(H,29,33);1H4/t12-;/m0./s1. The Labute approximate surface area is 196 Å². The minimum Gasteiger partial charge on any atom is -0.372 e. The number of aryl methyl sites for hydroxylation is 1. The molecule has 11 nitrogen and oxygen atoms in total. The van der Waals surface area contributed by atoms with E-state index in [9.17, 15) is 4.79 Å². The number of pyridine rings is 2. The van der Waals surface area contributed by atoms with Gasteiger partial charge in [-0.3, -0.25) is 9.48 Å². The molecule has 5 aromatic heterocycles. The summed E-state index contributed by atoms with van der Waals surface area (Å²) in [7, 11) is 5.65. The van der Waals surface area contributed by atoms with E-state index in [1.807, 2.05) is 39.0 Å². The molecule has 0 aliphatic heterocycles. The molecular weight excluding hydrogens is 432 g/mol.